The molecule has 1 atom stereocenters. The maximum Gasteiger partial charge on any atom is 0.335 e. The minimum absolute atomic E-state index is 0.0968. The highest BCUT2D eigenvalue weighted by Gasteiger charge is 2.38. The summed E-state index contributed by atoms with van der Waals surface area (Å²) in [6.45, 7) is 3.34. The largest absolute Gasteiger partial charge is 0.478 e. The normalized spacial score (nSPS) is 13.3. The summed E-state index contributed by atoms with van der Waals surface area (Å²) in [5.74, 6) is -3.93. The number of rotatable bonds is 8. The van der Waals surface area contributed by atoms with Crippen LogP contribution in [0.25, 0.3) is 38.6 Å². The Bertz CT molecular complexity index is 1740. The highest BCUT2D eigenvalue weighted by molar-refractivity contribution is 6.07. The van der Waals surface area contributed by atoms with Crippen LogP contribution in [-0.4, -0.2) is 44.7 Å². The molecule has 1 unspecified atom stereocenters. The molecule has 0 aliphatic carbocycles. The topological polar surface area (TPSA) is 100 Å². The molecule has 0 amide bonds. The number of nitrogens with one attached hydrogen (secondary N) is 1. The summed E-state index contributed by atoms with van der Waals surface area (Å²) in [7, 11) is 1.41. The van der Waals surface area contributed by atoms with Crippen molar-refractivity contribution in [3.8, 4) is 16.8 Å². The van der Waals surface area contributed by atoms with Crippen molar-refractivity contribution in [2.75, 3.05) is 13.7 Å². The van der Waals surface area contributed by atoms with Gasteiger partial charge in [-0.25, -0.2) is 18.0 Å². The number of aryl methyl sites for hydroxylation is 1. The minimum Gasteiger partial charge on any atom is -0.478 e. The first-order chi connectivity index (χ1) is 18.6. The molecule has 0 saturated heterocycles. The molecule has 0 aliphatic heterocycles. The number of aromatic nitrogens is 3. The molecule has 3 N–H and O–H groups in total. The Morgan fingerprint density at radius 2 is 1.87 bits per heavy atom. The van der Waals surface area contributed by atoms with Crippen LogP contribution in [0.5, 0.6) is 0 Å². The van der Waals surface area contributed by atoms with E-state index in [-0.39, 0.29) is 52.0 Å². The SMILES string of the molecule is CCc1cc(-c2c(C(O)(CC)COC)n(-c3ccc(F)c(F)c3)c3cc4cn[nH]c4c(F)c23)ccc1C(=O)O. The zero-order valence-electron chi connectivity index (χ0n) is 21.5. The lowest BCUT2D eigenvalue weighted by Crippen LogP contribution is -2.33. The van der Waals surface area contributed by atoms with E-state index in [1.807, 2.05) is 0 Å². The number of nitrogens with zero attached hydrogens (tertiary/aromatic N) is 2. The van der Waals surface area contributed by atoms with E-state index in [4.69, 9.17) is 4.74 Å². The Morgan fingerprint density at radius 3 is 2.51 bits per heavy atom. The molecule has 5 aromatic rings. The predicted octanol–water partition coefficient (Wildman–Crippen LogP) is 6.10. The van der Waals surface area contributed by atoms with Gasteiger partial charge >= 0.3 is 5.97 Å². The van der Waals surface area contributed by atoms with E-state index in [0.29, 0.717) is 22.9 Å². The first-order valence-corrected chi connectivity index (χ1v) is 12.4. The monoisotopic (exact) mass is 537 g/mol. The Hall–Kier alpha value is -4.15. The van der Waals surface area contributed by atoms with E-state index in [2.05, 4.69) is 10.2 Å². The summed E-state index contributed by atoms with van der Waals surface area (Å²) >= 11 is 0. The lowest BCUT2D eigenvalue weighted by Gasteiger charge is -2.30. The highest BCUT2D eigenvalue weighted by atomic mass is 19.2. The molecule has 202 valence electrons. The van der Waals surface area contributed by atoms with E-state index in [1.54, 1.807) is 32.0 Å². The van der Waals surface area contributed by atoms with Crippen LogP contribution < -0.4 is 0 Å². The number of hydrogen-bond acceptors (Lipinski definition) is 4. The van der Waals surface area contributed by atoms with Crippen molar-refractivity contribution in [1.82, 2.24) is 14.8 Å². The summed E-state index contributed by atoms with van der Waals surface area (Å²) in [4.78, 5) is 11.8. The fourth-order valence-electron chi connectivity index (χ4n) is 5.24. The summed E-state index contributed by atoms with van der Waals surface area (Å²) < 4.78 is 51.7. The smallest absolute Gasteiger partial charge is 0.335 e. The molecule has 0 bridgehead atoms. The standard InChI is InChI=1S/C29H26F3N3O4/c1-4-15-10-16(6-8-19(15)28(36)37)23-24-22(11-17-13-33-34-26(17)25(24)32)35(18-7-9-20(30)21(31)12-18)27(23)29(38,5-2)14-39-3/h6-13,38H,4-5,14H2,1-3H3,(H,33,34)(H,36,37). The lowest BCUT2D eigenvalue weighted by molar-refractivity contribution is -0.0422. The number of hydrogen-bond donors (Lipinski definition) is 3. The Labute approximate surface area is 221 Å². The number of ether oxygens (including phenoxy) is 1. The molecule has 0 aliphatic rings. The molecule has 0 fully saturated rings. The quantitative estimate of drug-likeness (QED) is 0.222. The van der Waals surface area contributed by atoms with Crippen molar-refractivity contribution in [1.29, 1.82) is 0 Å². The second-order valence-corrected chi connectivity index (χ2v) is 9.43. The number of methoxy groups -OCH3 is 1. The molecule has 0 radical (unpaired) electrons. The molecule has 2 heterocycles. The van der Waals surface area contributed by atoms with Crippen LogP contribution in [0.4, 0.5) is 13.2 Å². The summed E-state index contributed by atoms with van der Waals surface area (Å²) in [5.41, 5.74) is 0.379. The molecule has 7 nitrogen and oxygen atoms in total. The average Bonchev–Trinajstić information content (AvgIpc) is 3.53. The number of carboxylic acids is 1. The molecule has 10 heteroatoms. The second-order valence-electron chi connectivity index (χ2n) is 9.43. The average molecular weight is 538 g/mol. The van der Waals surface area contributed by atoms with Gasteiger partial charge in [0.2, 0.25) is 0 Å². The zero-order valence-corrected chi connectivity index (χ0v) is 21.5. The van der Waals surface area contributed by atoms with Gasteiger partial charge in [-0.2, -0.15) is 5.10 Å². The van der Waals surface area contributed by atoms with Gasteiger partial charge in [0.05, 0.1) is 29.6 Å². The Kier molecular flexibility index (Phi) is 6.69. The van der Waals surface area contributed by atoms with Gasteiger partial charge in [-0.15, -0.1) is 0 Å². The first-order valence-electron chi connectivity index (χ1n) is 12.4. The minimum atomic E-state index is -1.70. The summed E-state index contributed by atoms with van der Waals surface area (Å²) in [6.07, 6.45) is 1.95. The molecule has 0 saturated carbocycles. The number of aromatic amines is 1. The number of carboxylic acid groups (broad SMARTS) is 1. The summed E-state index contributed by atoms with van der Waals surface area (Å²) in [5, 5.41) is 28.8. The molecule has 2 aromatic heterocycles. The second kappa shape index (κ2) is 9.87. The third-order valence-corrected chi connectivity index (χ3v) is 7.18. The number of aromatic carboxylic acids is 1. The number of halogens is 3. The van der Waals surface area contributed by atoms with Gasteiger partial charge in [-0.3, -0.25) is 5.10 Å². The molecule has 5 rings (SSSR count). The van der Waals surface area contributed by atoms with Crippen LogP contribution in [0.2, 0.25) is 0 Å². The lowest BCUT2D eigenvalue weighted by atomic mass is 9.88. The van der Waals surface area contributed by atoms with Crippen molar-refractivity contribution in [2.24, 2.45) is 0 Å². The Balaban J connectivity index is 2.03. The van der Waals surface area contributed by atoms with Crippen LogP contribution >= 0.6 is 0 Å². The van der Waals surface area contributed by atoms with Gasteiger partial charge in [0.1, 0.15) is 11.1 Å². The van der Waals surface area contributed by atoms with Crippen LogP contribution in [0.3, 0.4) is 0 Å². The fraction of sp³-hybridized carbons (Fsp3) is 0.241. The van der Waals surface area contributed by atoms with E-state index < -0.39 is 29.0 Å². The van der Waals surface area contributed by atoms with Gasteiger partial charge in [0.25, 0.3) is 0 Å². The maximum absolute atomic E-state index is 16.3. The van der Waals surface area contributed by atoms with Crippen molar-refractivity contribution < 1.29 is 32.9 Å². The number of H-pyrrole nitrogens is 1. The number of carbonyl (C=O) groups is 1. The van der Waals surface area contributed by atoms with Crippen molar-refractivity contribution in [2.45, 2.75) is 32.3 Å². The summed E-state index contributed by atoms with van der Waals surface area (Å²) in [6, 6.07) is 9.58. The fourth-order valence-corrected chi connectivity index (χ4v) is 5.24. The predicted molar refractivity (Wildman–Crippen MR) is 141 cm³/mol. The molecule has 39 heavy (non-hydrogen) atoms. The Morgan fingerprint density at radius 1 is 1.10 bits per heavy atom. The number of aliphatic hydroxyl groups is 1. The third-order valence-electron chi connectivity index (χ3n) is 7.18. The van der Waals surface area contributed by atoms with Gasteiger partial charge in [0, 0.05) is 35.2 Å². The molecular weight excluding hydrogens is 511 g/mol. The van der Waals surface area contributed by atoms with Gasteiger partial charge in [-0.1, -0.05) is 26.0 Å². The van der Waals surface area contributed by atoms with Gasteiger partial charge < -0.3 is 19.5 Å². The van der Waals surface area contributed by atoms with Crippen molar-refractivity contribution in [3.05, 3.63) is 82.9 Å². The van der Waals surface area contributed by atoms with E-state index in [1.165, 1.54) is 30.0 Å². The van der Waals surface area contributed by atoms with Gasteiger partial charge in [0.15, 0.2) is 17.5 Å². The van der Waals surface area contributed by atoms with Crippen molar-refractivity contribution >= 4 is 27.8 Å². The molecular formula is C29H26F3N3O4. The van der Waals surface area contributed by atoms with E-state index >= 15 is 4.39 Å². The van der Waals surface area contributed by atoms with Gasteiger partial charge in [-0.05, 0) is 48.2 Å². The highest BCUT2D eigenvalue weighted by Crippen LogP contribution is 2.46. The molecule has 3 aromatic carbocycles. The maximum atomic E-state index is 16.3. The third kappa shape index (κ3) is 4.16. The van der Waals surface area contributed by atoms with E-state index in [0.717, 1.165) is 12.1 Å². The van der Waals surface area contributed by atoms with Crippen LogP contribution in [-0.2, 0) is 16.8 Å². The van der Waals surface area contributed by atoms with Crippen LogP contribution in [0, 0.1) is 17.5 Å². The van der Waals surface area contributed by atoms with Crippen LogP contribution in [0.15, 0.2) is 48.7 Å². The molecule has 0 spiro atoms. The number of benzene rings is 3. The number of fused-ring (bicyclic) bond motifs is 2. The zero-order chi connectivity index (χ0) is 28.1. The van der Waals surface area contributed by atoms with E-state index in [9.17, 15) is 23.8 Å². The van der Waals surface area contributed by atoms with Crippen LogP contribution in [0.1, 0.15) is 41.9 Å². The van der Waals surface area contributed by atoms with Crippen molar-refractivity contribution in [3.63, 3.8) is 0 Å². The first kappa shape index (κ1) is 26.5.